The first kappa shape index (κ1) is 17.3. The van der Waals surface area contributed by atoms with Crippen LogP contribution in [-0.4, -0.2) is 16.8 Å². The molecular formula is C18H19N3O3. The van der Waals surface area contributed by atoms with Gasteiger partial charge in [-0.15, -0.1) is 0 Å². The average Bonchev–Trinajstić information content (AvgIpc) is 2.52. The van der Waals surface area contributed by atoms with E-state index in [1.165, 1.54) is 0 Å². The number of nitriles is 1. The highest BCUT2D eigenvalue weighted by atomic mass is 16.3. The molecule has 0 saturated carbocycles. The molecule has 0 bridgehead atoms. The van der Waals surface area contributed by atoms with Gasteiger partial charge in [-0.2, -0.15) is 5.26 Å². The zero-order valence-corrected chi connectivity index (χ0v) is 13.6. The van der Waals surface area contributed by atoms with Crippen molar-refractivity contribution in [1.29, 1.82) is 5.26 Å². The summed E-state index contributed by atoms with van der Waals surface area (Å²) in [5.41, 5.74) is 5.16. The topological polar surface area (TPSA) is 102 Å². The molecule has 1 amide bonds. The van der Waals surface area contributed by atoms with Crippen molar-refractivity contribution in [3.8, 4) is 6.07 Å². The minimum Gasteiger partial charge on any atom is -0.512 e. The first-order valence-electron chi connectivity index (χ1n) is 7.51. The molecule has 0 spiro atoms. The number of benzene rings is 1. The fourth-order valence-electron chi connectivity index (χ4n) is 2.48. The number of carbonyl (C=O) groups is 2. The molecule has 1 aromatic carbocycles. The number of rotatable bonds is 4. The van der Waals surface area contributed by atoms with Crippen LogP contribution in [0.15, 0.2) is 53.3 Å². The van der Waals surface area contributed by atoms with Crippen molar-refractivity contribution in [2.45, 2.75) is 26.7 Å². The van der Waals surface area contributed by atoms with Crippen molar-refractivity contribution >= 4 is 17.4 Å². The molecular weight excluding hydrogens is 306 g/mol. The smallest absolute Gasteiger partial charge is 0.280 e. The van der Waals surface area contributed by atoms with E-state index in [0.717, 1.165) is 6.08 Å². The largest absolute Gasteiger partial charge is 0.512 e. The van der Waals surface area contributed by atoms with Gasteiger partial charge >= 0.3 is 0 Å². The molecule has 1 aromatic rings. The number of para-hydroxylation sites is 1. The molecule has 0 fully saturated rings. The van der Waals surface area contributed by atoms with Crippen LogP contribution in [0.1, 0.15) is 26.7 Å². The van der Waals surface area contributed by atoms with Gasteiger partial charge in [-0.25, -0.2) is 0 Å². The summed E-state index contributed by atoms with van der Waals surface area (Å²) in [6.07, 6.45) is 1.73. The summed E-state index contributed by atoms with van der Waals surface area (Å²) >= 11 is 0. The second-order valence-corrected chi connectivity index (χ2v) is 6.42. The van der Waals surface area contributed by atoms with Crippen molar-refractivity contribution in [2.24, 2.45) is 5.41 Å². The summed E-state index contributed by atoms with van der Waals surface area (Å²) in [5, 5.41) is 19.2. The second kappa shape index (κ2) is 7.01. The monoisotopic (exact) mass is 325 g/mol. The molecule has 0 radical (unpaired) electrons. The van der Waals surface area contributed by atoms with Gasteiger partial charge in [0.1, 0.15) is 17.4 Å². The molecule has 124 valence electrons. The van der Waals surface area contributed by atoms with Crippen molar-refractivity contribution < 1.29 is 14.7 Å². The van der Waals surface area contributed by atoms with Crippen LogP contribution in [-0.2, 0) is 9.59 Å². The van der Waals surface area contributed by atoms with E-state index in [9.17, 15) is 20.0 Å². The number of hydrogen-bond donors (Lipinski definition) is 3. The number of Topliss-reactive ketones (excluding diaryl/α,β-unsaturated/α-hetero) is 1. The van der Waals surface area contributed by atoms with E-state index in [1.54, 1.807) is 30.3 Å². The number of allylic oxidation sites excluding steroid dienone is 3. The number of hydrazine groups is 1. The third-order valence-electron chi connectivity index (χ3n) is 3.64. The molecule has 0 aliphatic heterocycles. The Labute approximate surface area is 140 Å². The molecule has 1 aliphatic carbocycles. The van der Waals surface area contributed by atoms with E-state index in [-0.39, 0.29) is 34.5 Å². The van der Waals surface area contributed by atoms with E-state index in [1.807, 2.05) is 19.9 Å². The summed E-state index contributed by atoms with van der Waals surface area (Å²) in [7, 11) is 0. The molecule has 6 nitrogen and oxygen atoms in total. The lowest BCUT2D eigenvalue weighted by molar-refractivity contribution is -0.118. The molecule has 0 unspecified atom stereocenters. The lowest BCUT2D eigenvalue weighted by Gasteiger charge is -2.28. The first-order chi connectivity index (χ1) is 11.3. The summed E-state index contributed by atoms with van der Waals surface area (Å²) in [6.45, 7) is 3.76. The Balaban J connectivity index is 2.15. The zero-order chi connectivity index (χ0) is 17.7. The summed E-state index contributed by atoms with van der Waals surface area (Å²) in [6, 6.07) is 10.7. The number of nitrogens with zero attached hydrogens (tertiary/aromatic N) is 1. The van der Waals surface area contributed by atoms with Gasteiger partial charge < -0.3 is 5.11 Å². The van der Waals surface area contributed by atoms with Crippen molar-refractivity contribution in [3.05, 3.63) is 53.3 Å². The molecule has 0 aromatic heterocycles. The number of aliphatic hydroxyl groups excluding tert-OH is 1. The molecule has 2 rings (SSSR count). The molecule has 0 heterocycles. The number of amides is 1. The van der Waals surface area contributed by atoms with Crippen LogP contribution in [0.5, 0.6) is 0 Å². The number of aliphatic hydroxyl groups is 1. The number of anilines is 1. The Bertz CT molecular complexity index is 755. The summed E-state index contributed by atoms with van der Waals surface area (Å²) < 4.78 is 0. The van der Waals surface area contributed by atoms with Crippen LogP contribution in [0.3, 0.4) is 0 Å². The van der Waals surface area contributed by atoms with E-state index in [4.69, 9.17) is 0 Å². The standard InChI is InChI=1S/C18H19N3O3/c1-18(2)9-15(22)14(16(23)10-18)8-12(11-19)17(24)21-20-13-6-4-3-5-7-13/h3-8,20,22H,9-10H2,1-2H3,(H,21,24)/b12-8+. The third-order valence-corrected chi connectivity index (χ3v) is 3.64. The quantitative estimate of drug-likeness (QED) is 0.449. The fraction of sp³-hybridized carbons (Fsp3) is 0.278. The Morgan fingerprint density at radius 2 is 1.96 bits per heavy atom. The van der Waals surface area contributed by atoms with Crippen LogP contribution in [0.25, 0.3) is 0 Å². The van der Waals surface area contributed by atoms with Crippen LogP contribution >= 0.6 is 0 Å². The van der Waals surface area contributed by atoms with Gasteiger partial charge in [-0.05, 0) is 23.6 Å². The summed E-state index contributed by atoms with van der Waals surface area (Å²) in [5.74, 6) is -1.05. The SMILES string of the molecule is CC1(C)CC(=O)C(/C=C(\C#N)C(=O)NNc2ccccc2)=C(O)C1. The lowest BCUT2D eigenvalue weighted by Crippen LogP contribution is -2.31. The molecule has 0 atom stereocenters. The van der Waals surface area contributed by atoms with Gasteiger partial charge in [0.15, 0.2) is 5.78 Å². The van der Waals surface area contributed by atoms with Crippen LogP contribution in [0.2, 0.25) is 0 Å². The zero-order valence-electron chi connectivity index (χ0n) is 13.6. The van der Waals surface area contributed by atoms with Gasteiger partial charge in [0.05, 0.1) is 11.3 Å². The van der Waals surface area contributed by atoms with E-state index in [2.05, 4.69) is 10.9 Å². The van der Waals surface area contributed by atoms with Gasteiger partial charge in [0, 0.05) is 12.8 Å². The van der Waals surface area contributed by atoms with Crippen molar-refractivity contribution in [3.63, 3.8) is 0 Å². The van der Waals surface area contributed by atoms with Crippen molar-refractivity contribution in [1.82, 2.24) is 5.43 Å². The van der Waals surface area contributed by atoms with E-state index in [0.29, 0.717) is 12.1 Å². The van der Waals surface area contributed by atoms with Crippen LogP contribution in [0, 0.1) is 16.7 Å². The predicted molar refractivity (Wildman–Crippen MR) is 89.6 cm³/mol. The number of carbonyl (C=O) groups excluding carboxylic acids is 2. The molecule has 1 aliphatic rings. The van der Waals surface area contributed by atoms with Crippen LogP contribution in [0.4, 0.5) is 5.69 Å². The highest BCUT2D eigenvalue weighted by Crippen LogP contribution is 2.36. The Hall–Kier alpha value is -3.07. The highest BCUT2D eigenvalue weighted by molar-refractivity contribution is 6.04. The summed E-state index contributed by atoms with van der Waals surface area (Å²) in [4.78, 5) is 24.2. The molecule has 24 heavy (non-hydrogen) atoms. The number of nitrogens with one attached hydrogen (secondary N) is 2. The maximum atomic E-state index is 12.2. The van der Waals surface area contributed by atoms with Crippen LogP contribution < -0.4 is 10.9 Å². The third kappa shape index (κ3) is 4.23. The maximum Gasteiger partial charge on any atom is 0.280 e. The van der Waals surface area contributed by atoms with E-state index >= 15 is 0 Å². The van der Waals surface area contributed by atoms with Gasteiger partial charge in [-0.1, -0.05) is 32.0 Å². The van der Waals surface area contributed by atoms with Gasteiger partial charge in [-0.3, -0.25) is 20.4 Å². The fourth-order valence-corrected chi connectivity index (χ4v) is 2.48. The Morgan fingerprint density at radius 3 is 2.54 bits per heavy atom. The van der Waals surface area contributed by atoms with Gasteiger partial charge in [0.2, 0.25) is 0 Å². The number of hydrogen-bond acceptors (Lipinski definition) is 5. The lowest BCUT2D eigenvalue weighted by atomic mass is 9.76. The molecule has 0 saturated heterocycles. The van der Waals surface area contributed by atoms with Crippen molar-refractivity contribution in [2.75, 3.05) is 5.43 Å². The highest BCUT2D eigenvalue weighted by Gasteiger charge is 2.32. The minimum atomic E-state index is -0.681. The molecule has 3 N–H and O–H groups in total. The predicted octanol–water partition coefficient (Wildman–Crippen LogP) is 2.78. The average molecular weight is 325 g/mol. The maximum absolute atomic E-state index is 12.2. The van der Waals surface area contributed by atoms with E-state index < -0.39 is 5.91 Å². The first-order valence-corrected chi connectivity index (χ1v) is 7.51. The number of ketones is 1. The second-order valence-electron chi connectivity index (χ2n) is 6.42. The minimum absolute atomic E-state index is 0.0285. The molecule has 6 heteroatoms. The van der Waals surface area contributed by atoms with Gasteiger partial charge in [0.25, 0.3) is 5.91 Å². The Kier molecular flexibility index (Phi) is 5.05. The normalized spacial score (nSPS) is 17.2. The Morgan fingerprint density at radius 1 is 1.29 bits per heavy atom.